The number of hydrogen-bond acceptors (Lipinski definition) is 2. The predicted molar refractivity (Wildman–Crippen MR) is 80.9 cm³/mol. The van der Waals surface area contributed by atoms with Crippen molar-refractivity contribution in [3.8, 4) is 0 Å². The van der Waals surface area contributed by atoms with Crippen molar-refractivity contribution in [2.75, 3.05) is 6.61 Å². The minimum Gasteiger partial charge on any atom is -0.370 e. The maximum absolute atomic E-state index is 12.5. The van der Waals surface area contributed by atoms with Crippen molar-refractivity contribution >= 4 is 5.78 Å². The van der Waals surface area contributed by atoms with E-state index in [1.54, 1.807) is 0 Å². The fraction of sp³-hybridized carbons (Fsp3) is 0.278. The van der Waals surface area contributed by atoms with Crippen LogP contribution in [-0.4, -0.2) is 18.5 Å². The molecule has 0 aliphatic heterocycles. The maximum Gasteiger partial charge on any atom is 0.191 e. The average Bonchev–Trinajstić information content (AvgIpc) is 2.52. The van der Waals surface area contributed by atoms with Crippen LogP contribution in [0.5, 0.6) is 0 Å². The number of Topliss-reactive ketones (excluding diaryl/α,β-unsaturated/α-hetero) is 1. The van der Waals surface area contributed by atoms with Gasteiger partial charge in [-0.3, -0.25) is 4.79 Å². The summed E-state index contributed by atoms with van der Waals surface area (Å²) in [4.78, 5) is 12.5. The normalized spacial score (nSPS) is 12.1. The van der Waals surface area contributed by atoms with Crippen LogP contribution in [0.4, 0.5) is 0 Å². The van der Waals surface area contributed by atoms with Gasteiger partial charge >= 0.3 is 0 Å². The lowest BCUT2D eigenvalue weighted by Crippen LogP contribution is -2.27. The molecule has 0 fully saturated rings. The van der Waals surface area contributed by atoms with E-state index in [1.165, 1.54) is 0 Å². The first kappa shape index (κ1) is 14.5. The molecular weight excluding hydrogens is 248 g/mol. The summed E-state index contributed by atoms with van der Waals surface area (Å²) in [6.07, 6.45) is 1.13. The molecule has 0 aliphatic carbocycles. The number of rotatable bonds is 7. The van der Waals surface area contributed by atoms with Crippen LogP contribution >= 0.6 is 0 Å². The minimum atomic E-state index is -0.403. The van der Waals surface area contributed by atoms with E-state index in [-0.39, 0.29) is 5.78 Å². The molecule has 0 N–H and O–H groups in total. The van der Waals surface area contributed by atoms with E-state index in [4.69, 9.17) is 4.74 Å². The lowest BCUT2D eigenvalue weighted by atomic mass is 10.00. The average molecular weight is 268 g/mol. The molecule has 0 aromatic heterocycles. The molecular formula is C18H20O2. The molecule has 20 heavy (non-hydrogen) atoms. The van der Waals surface area contributed by atoms with Crippen LogP contribution in [0.2, 0.25) is 0 Å². The summed E-state index contributed by atoms with van der Waals surface area (Å²) >= 11 is 0. The number of benzene rings is 2. The molecule has 0 spiro atoms. The second-order valence-corrected chi connectivity index (χ2v) is 4.78. The standard InChI is InChI=1S/C18H20O2/c1-2-13-20-17(14-15-9-5-3-6-10-15)18(19)16-11-7-4-8-12-16/h3-12,17H,2,13-14H2,1H3. The molecule has 2 aromatic rings. The third-order valence-corrected chi connectivity index (χ3v) is 3.14. The van der Waals surface area contributed by atoms with Gasteiger partial charge in [-0.05, 0) is 12.0 Å². The Hall–Kier alpha value is -1.93. The Morgan fingerprint density at radius 2 is 1.60 bits per heavy atom. The summed E-state index contributed by atoms with van der Waals surface area (Å²) in [5.41, 5.74) is 1.84. The largest absolute Gasteiger partial charge is 0.370 e. The van der Waals surface area contributed by atoms with Crippen LogP contribution in [0.15, 0.2) is 60.7 Å². The molecule has 1 unspecified atom stereocenters. The molecule has 0 saturated carbocycles. The first-order valence-electron chi connectivity index (χ1n) is 7.06. The van der Waals surface area contributed by atoms with Gasteiger partial charge in [-0.1, -0.05) is 67.6 Å². The van der Waals surface area contributed by atoms with Crippen molar-refractivity contribution in [1.82, 2.24) is 0 Å². The predicted octanol–water partition coefficient (Wildman–Crippen LogP) is 3.91. The van der Waals surface area contributed by atoms with E-state index in [1.807, 2.05) is 67.6 Å². The van der Waals surface area contributed by atoms with Gasteiger partial charge in [0.25, 0.3) is 0 Å². The first-order chi connectivity index (χ1) is 9.81. The van der Waals surface area contributed by atoms with Gasteiger partial charge in [0.05, 0.1) is 0 Å². The van der Waals surface area contributed by atoms with Gasteiger partial charge in [-0.2, -0.15) is 0 Å². The molecule has 1 atom stereocenters. The van der Waals surface area contributed by atoms with Crippen molar-refractivity contribution in [3.63, 3.8) is 0 Å². The highest BCUT2D eigenvalue weighted by Gasteiger charge is 2.20. The van der Waals surface area contributed by atoms with Crippen molar-refractivity contribution in [2.24, 2.45) is 0 Å². The number of carbonyl (C=O) groups excluding carboxylic acids is 1. The fourth-order valence-electron chi connectivity index (χ4n) is 2.10. The van der Waals surface area contributed by atoms with Crippen LogP contribution < -0.4 is 0 Å². The Kier molecular flexibility index (Phi) is 5.51. The number of hydrogen-bond donors (Lipinski definition) is 0. The smallest absolute Gasteiger partial charge is 0.191 e. The monoisotopic (exact) mass is 268 g/mol. The second kappa shape index (κ2) is 7.61. The molecule has 2 nitrogen and oxygen atoms in total. The lowest BCUT2D eigenvalue weighted by molar-refractivity contribution is 0.0414. The molecule has 0 amide bonds. The van der Waals surface area contributed by atoms with Crippen molar-refractivity contribution in [1.29, 1.82) is 0 Å². The molecule has 0 bridgehead atoms. The summed E-state index contributed by atoms with van der Waals surface area (Å²) in [6, 6.07) is 19.4. The maximum atomic E-state index is 12.5. The van der Waals surface area contributed by atoms with Gasteiger partial charge in [0, 0.05) is 18.6 Å². The van der Waals surface area contributed by atoms with Gasteiger partial charge in [-0.15, -0.1) is 0 Å². The number of ether oxygens (including phenoxy) is 1. The Morgan fingerprint density at radius 1 is 1.00 bits per heavy atom. The zero-order valence-corrected chi connectivity index (χ0v) is 11.8. The van der Waals surface area contributed by atoms with Crippen molar-refractivity contribution in [2.45, 2.75) is 25.9 Å². The summed E-state index contributed by atoms with van der Waals surface area (Å²) in [6.45, 7) is 2.66. The number of carbonyl (C=O) groups is 1. The summed E-state index contributed by atoms with van der Waals surface area (Å²) in [7, 11) is 0. The Labute approximate surface area is 120 Å². The van der Waals surface area contributed by atoms with Crippen LogP contribution in [0.1, 0.15) is 29.3 Å². The summed E-state index contributed by atoms with van der Waals surface area (Å²) in [5, 5.41) is 0. The SMILES string of the molecule is CCCOC(Cc1ccccc1)C(=O)c1ccccc1. The Balaban J connectivity index is 2.13. The molecule has 2 aromatic carbocycles. The Bertz CT molecular complexity index is 520. The van der Waals surface area contributed by atoms with Gasteiger partial charge < -0.3 is 4.74 Å². The topological polar surface area (TPSA) is 26.3 Å². The third kappa shape index (κ3) is 4.04. The third-order valence-electron chi connectivity index (χ3n) is 3.14. The van der Waals surface area contributed by atoms with E-state index >= 15 is 0 Å². The summed E-state index contributed by atoms with van der Waals surface area (Å²) < 4.78 is 5.76. The zero-order valence-electron chi connectivity index (χ0n) is 11.8. The highest BCUT2D eigenvalue weighted by molar-refractivity contribution is 5.99. The lowest BCUT2D eigenvalue weighted by Gasteiger charge is -2.16. The molecule has 0 saturated heterocycles. The fourth-order valence-corrected chi connectivity index (χ4v) is 2.10. The highest BCUT2D eigenvalue weighted by Crippen LogP contribution is 2.12. The minimum absolute atomic E-state index is 0.0582. The van der Waals surface area contributed by atoms with Crippen LogP contribution in [0, 0.1) is 0 Å². The molecule has 104 valence electrons. The van der Waals surface area contributed by atoms with Crippen LogP contribution in [-0.2, 0) is 11.2 Å². The van der Waals surface area contributed by atoms with Gasteiger partial charge in [-0.25, -0.2) is 0 Å². The van der Waals surface area contributed by atoms with E-state index < -0.39 is 6.10 Å². The van der Waals surface area contributed by atoms with E-state index in [0.717, 1.165) is 12.0 Å². The molecule has 0 radical (unpaired) electrons. The molecule has 0 aliphatic rings. The van der Waals surface area contributed by atoms with Gasteiger partial charge in [0.15, 0.2) is 5.78 Å². The highest BCUT2D eigenvalue weighted by atomic mass is 16.5. The van der Waals surface area contributed by atoms with E-state index in [9.17, 15) is 4.79 Å². The van der Waals surface area contributed by atoms with E-state index in [0.29, 0.717) is 18.6 Å². The van der Waals surface area contributed by atoms with Crippen molar-refractivity contribution < 1.29 is 9.53 Å². The molecule has 0 heterocycles. The Morgan fingerprint density at radius 3 is 2.20 bits per heavy atom. The van der Waals surface area contributed by atoms with Gasteiger partial charge in [0.2, 0.25) is 0 Å². The molecule has 2 heteroatoms. The van der Waals surface area contributed by atoms with Crippen molar-refractivity contribution in [3.05, 3.63) is 71.8 Å². The quantitative estimate of drug-likeness (QED) is 0.712. The second-order valence-electron chi connectivity index (χ2n) is 4.78. The summed E-state index contributed by atoms with van der Waals surface area (Å²) in [5.74, 6) is 0.0582. The van der Waals surface area contributed by atoms with Crippen LogP contribution in [0.25, 0.3) is 0 Å². The molecule has 2 rings (SSSR count). The van der Waals surface area contributed by atoms with E-state index in [2.05, 4.69) is 0 Å². The first-order valence-corrected chi connectivity index (χ1v) is 7.06. The number of ketones is 1. The van der Waals surface area contributed by atoms with Gasteiger partial charge in [0.1, 0.15) is 6.10 Å². The van der Waals surface area contributed by atoms with Crippen LogP contribution in [0.3, 0.4) is 0 Å². The zero-order chi connectivity index (χ0) is 14.2.